The second kappa shape index (κ2) is 8.57. The highest BCUT2D eigenvalue weighted by molar-refractivity contribution is 5.92. The predicted molar refractivity (Wildman–Crippen MR) is 131 cm³/mol. The molecule has 3 fully saturated rings. The van der Waals surface area contributed by atoms with Crippen molar-refractivity contribution in [1.82, 2.24) is 0 Å². The fraction of sp³-hybridized carbons (Fsp3) is 0.655. The van der Waals surface area contributed by atoms with Crippen LogP contribution >= 0.6 is 0 Å². The number of Topliss-reactive ketones (excluding diaryl/α,β-unsaturated/α-hetero) is 1. The minimum atomic E-state index is -0.868. The molecule has 2 heterocycles. The Morgan fingerprint density at radius 2 is 1.89 bits per heavy atom. The zero-order valence-corrected chi connectivity index (χ0v) is 22.4. The van der Waals surface area contributed by atoms with E-state index < -0.39 is 52.2 Å². The first kappa shape index (κ1) is 25.7. The van der Waals surface area contributed by atoms with Crippen molar-refractivity contribution >= 4 is 23.7 Å². The Balaban J connectivity index is 1.69. The molecule has 7 atom stereocenters. The van der Waals surface area contributed by atoms with Gasteiger partial charge < -0.3 is 18.6 Å². The lowest BCUT2D eigenvalue weighted by Gasteiger charge is -2.63. The zero-order chi connectivity index (χ0) is 26.9. The monoisotopic (exact) mass is 512 g/mol. The van der Waals surface area contributed by atoms with Gasteiger partial charge in [-0.3, -0.25) is 19.2 Å². The van der Waals surface area contributed by atoms with Crippen LogP contribution in [0.4, 0.5) is 0 Å². The molecule has 1 aromatic rings. The summed E-state index contributed by atoms with van der Waals surface area (Å²) in [5.41, 5.74) is 0.968. The SMILES string of the molecule is COC(=O)C[C@H]1C(C)(C)[C@@H](OC(C)=O)[C@@H]2CC3=C4CC(=O)O[C@@H](c5ccoc5)[C@]4(C)CC[C@H]3[C@@]1(C)C2=O. The van der Waals surface area contributed by atoms with Crippen LogP contribution in [-0.2, 0) is 33.4 Å². The molecule has 0 unspecified atom stereocenters. The van der Waals surface area contributed by atoms with Gasteiger partial charge >= 0.3 is 17.9 Å². The molecule has 1 aliphatic heterocycles. The third-order valence-electron chi connectivity index (χ3n) is 10.1. The van der Waals surface area contributed by atoms with Gasteiger partial charge in [0.25, 0.3) is 0 Å². The van der Waals surface area contributed by atoms with Gasteiger partial charge in [0, 0.05) is 35.2 Å². The van der Waals surface area contributed by atoms with Gasteiger partial charge in [0.2, 0.25) is 0 Å². The molecular formula is C29H36O8. The van der Waals surface area contributed by atoms with E-state index >= 15 is 0 Å². The van der Waals surface area contributed by atoms with Crippen molar-refractivity contribution in [2.24, 2.45) is 34.0 Å². The average molecular weight is 513 g/mol. The molecule has 8 heteroatoms. The van der Waals surface area contributed by atoms with E-state index in [-0.39, 0.29) is 30.5 Å². The Hall–Kier alpha value is -2.90. The number of carbonyl (C=O) groups excluding carboxylic acids is 4. The summed E-state index contributed by atoms with van der Waals surface area (Å²) in [5, 5.41) is 0. The van der Waals surface area contributed by atoms with E-state index in [1.54, 1.807) is 12.5 Å². The molecule has 5 rings (SSSR count). The lowest BCUT2D eigenvalue weighted by atomic mass is 9.40. The number of ether oxygens (including phenoxy) is 3. The Morgan fingerprint density at radius 3 is 2.51 bits per heavy atom. The van der Waals surface area contributed by atoms with Crippen molar-refractivity contribution < 1.29 is 37.8 Å². The first-order chi connectivity index (χ1) is 17.4. The number of ketones is 1. The van der Waals surface area contributed by atoms with Gasteiger partial charge in [0.05, 0.1) is 32.0 Å². The summed E-state index contributed by atoms with van der Waals surface area (Å²) in [7, 11) is 1.35. The molecule has 0 amide bonds. The lowest BCUT2D eigenvalue weighted by molar-refractivity contribution is -0.197. The third-order valence-corrected chi connectivity index (χ3v) is 10.1. The molecule has 1 aromatic heterocycles. The maximum absolute atomic E-state index is 14.2. The maximum atomic E-state index is 14.2. The molecule has 8 nitrogen and oxygen atoms in total. The van der Waals surface area contributed by atoms with Crippen molar-refractivity contribution in [3.63, 3.8) is 0 Å². The molecule has 0 N–H and O–H groups in total. The largest absolute Gasteiger partial charge is 0.472 e. The fourth-order valence-electron chi connectivity index (χ4n) is 8.37. The lowest BCUT2D eigenvalue weighted by Crippen LogP contribution is -2.66. The highest BCUT2D eigenvalue weighted by atomic mass is 16.6. The average Bonchev–Trinajstić information content (AvgIpc) is 3.36. The summed E-state index contributed by atoms with van der Waals surface area (Å²) in [6.07, 6.45) is 4.12. The van der Waals surface area contributed by atoms with Crippen LogP contribution in [-0.4, -0.2) is 36.9 Å². The van der Waals surface area contributed by atoms with Crippen molar-refractivity contribution in [3.8, 4) is 0 Å². The molecule has 1 saturated heterocycles. The van der Waals surface area contributed by atoms with Crippen LogP contribution in [0.5, 0.6) is 0 Å². The zero-order valence-electron chi connectivity index (χ0n) is 22.4. The molecule has 2 bridgehead atoms. The summed E-state index contributed by atoms with van der Waals surface area (Å²) in [4.78, 5) is 52.0. The highest BCUT2D eigenvalue weighted by Gasteiger charge is 2.68. The van der Waals surface area contributed by atoms with Crippen LogP contribution in [0, 0.1) is 34.0 Å². The summed E-state index contributed by atoms with van der Waals surface area (Å²) in [6.45, 7) is 9.43. The Labute approximate surface area is 217 Å². The van der Waals surface area contributed by atoms with Gasteiger partial charge in [0.15, 0.2) is 0 Å². The smallest absolute Gasteiger partial charge is 0.310 e. The molecule has 0 radical (unpaired) electrons. The topological polar surface area (TPSA) is 109 Å². The van der Waals surface area contributed by atoms with Gasteiger partial charge in [-0.2, -0.15) is 0 Å². The van der Waals surface area contributed by atoms with E-state index in [1.165, 1.54) is 14.0 Å². The molecule has 200 valence electrons. The Bertz CT molecular complexity index is 1180. The second-order valence-corrected chi connectivity index (χ2v) is 12.3. The predicted octanol–water partition coefficient (Wildman–Crippen LogP) is 4.73. The second-order valence-electron chi connectivity index (χ2n) is 12.3. The number of methoxy groups -OCH3 is 1. The molecule has 0 spiro atoms. The molecule has 37 heavy (non-hydrogen) atoms. The molecular weight excluding hydrogens is 476 g/mol. The van der Waals surface area contributed by atoms with Crippen molar-refractivity contribution in [1.29, 1.82) is 0 Å². The van der Waals surface area contributed by atoms with Gasteiger partial charge in [-0.05, 0) is 42.7 Å². The van der Waals surface area contributed by atoms with E-state index in [4.69, 9.17) is 18.6 Å². The van der Waals surface area contributed by atoms with Crippen LogP contribution in [0.2, 0.25) is 0 Å². The number of hydrogen-bond acceptors (Lipinski definition) is 8. The van der Waals surface area contributed by atoms with Crippen molar-refractivity contribution in [2.75, 3.05) is 7.11 Å². The van der Waals surface area contributed by atoms with E-state index in [0.717, 1.165) is 29.6 Å². The quantitative estimate of drug-likeness (QED) is 0.324. The third kappa shape index (κ3) is 3.62. The van der Waals surface area contributed by atoms with Crippen LogP contribution in [0.1, 0.15) is 78.4 Å². The minimum absolute atomic E-state index is 0.0368. The van der Waals surface area contributed by atoms with E-state index in [9.17, 15) is 19.2 Å². The standard InChI is InChI=1S/C29H36O8/c1-15(30)36-26-18-11-17-19(29(5,24(18)33)21(27(26,2)3)13-22(31)34-6)7-9-28(4)20(17)12-23(32)37-25(28)16-8-10-35-14-16/h8,10,14,18-19,21,25-26H,7,9,11-13H2,1-6H3/t18-,19-,21+,25+,26+,28-,29-/m1/s1. The van der Waals surface area contributed by atoms with Gasteiger partial charge in [0.1, 0.15) is 18.0 Å². The number of rotatable bonds is 4. The number of furan rings is 1. The minimum Gasteiger partial charge on any atom is -0.472 e. The first-order valence-corrected chi connectivity index (χ1v) is 13.1. The first-order valence-electron chi connectivity index (χ1n) is 13.1. The van der Waals surface area contributed by atoms with E-state index in [1.807, 2.05) is 26.8 Å². The Morgan fingerprint density at radius 1 is 1.16 bits per heavy atom. The van der Waals surface area contributed by atoms with Crippen LogP contribution in [0.3, 0.4) is 0 Å². The van der Waals surface area contributed by atoms with Crippen LogP contribution in [0.15, 0.2) is 34.2 Å². The Kier molecular flexibility index (Phi) is 5.96. The number of hydrogen-bond donors (Lipinski definition) is 0. The van der Waals surface area contributed by atoms with Crippen molar-refractivity contribution in [3.05, 3.63) is 35.3 Å². The number of cyclic esters (lactones) is 1. The summed E-state index contributed by atoms with van der Waals surface area (Å²) in [5.74, 6) is -2.20. The molecule has 0 aromatic carbocycles. The van der Waals surface area contributed by atoms with E-state index in [0.29, 0.717) is 6.42 Å². The van der Waals surface area contributed by atoms with Crippen LogP contribution in [0.25, 0.3) is 0 Å². The number of carbonyl (C=O) groups is 4. The number of esters is 3. The van der Waals surface area contributed by atoms with Crippen LogP contribution < -0.4 is 0 Å². The fourth-order valence-corrected chi connectivity index (χ4v) is 8.37. The van der Waals surface area contributed by atoms with E-state index in [2.05, 4.69) is 6.92 Å². The maximum Gasteiger partial charge on any atom is 0.310 e. The highest BCUT2D eigenvalue weighted by Crippen LogP contribution is 2.68. The summed E-state index contributed by atoms with van der Waals surface area (Å²) in [6, 6.07) is 1.83. The number of allylic oxidation sites excluding steroid dienone is 1. The van der Waals surface area contributed by atoms with Crippen molar-refractivity contribution in [2.45, 2.75) is 78.9 Å². The summed E-state index contributed by atoms with van der Waals surface area (Å²) < 4.78 is 22.1. The molecule has 4 aliphatic rings. The van der Waals surface area contributed by atoms with Gasteiger partial charge in [-0.25, -0.2) is 0 Å². The van der Waals surface area contributed by atoms with Gasteiger partial charge in [-0.1, -0.05) is 33.3 Å². The summed E-state index contributed by atoms with van der Waals surface area (Å²) >= 11 is 0. The molecule has 2 saturated carbocycles. The van der Waals surface area contributed by atoms with Gasteiger partial charge in [-0.15, -0.1) is 0 Å². The molecule has 3 aliphatic carbocycles. The number of fused-ring (bicyclic) bond motifs is 5. The normalized spacial score (nSPS) is 38.3.